The lowest BCUT2D eigenvalue weighted by Crippen LogP contribution is -2.39. The molecule has 0 aliphatic carbocycles. The Kier molecular flexibility index (Phi) is 3.41. The Morgan fingerprint density at radius 1 is 1.47 bits per heavy atom. The molecule has 0 bridgehead atoms. The lowest BCUT2D eigenvalue weighted by atomic mass is 10.1. The summed E-state index contributed by atoms with van der Waals surface area (Å²) in [6, 6.07) is 1.09. The number of esters is 1. The molecular formula is C12H19NO2. The topological polar surface area (TPSA) is 29.5 Å². The first kappa shape index (κ1) is 10.7. The number of ether oxygens (including phenoxy) is 1. The number of nitrogens with zero attached hydrogens (tertiary/aromatic N) is 1. The molecule has 2 aliphatic rings. The van der Waals surface area contributed by atoms with Gasteiger partial charge < -0.3 is 4.74 Å². The standard InChI is InChI=1S/C12H19NO2/c1-2-15-12(14)9-11-7-6-10-5-3-4-8-13(10)11/h3-4,10-11H,2,5-9H2,1H3/t10-,11-/m1/s1. The van der Waals surface area contributed by atoms with E-state index in [9.17, 15) is 4.79 Å². The average molecular weight is 209 g/mol. The molecular weight excluding hydrogens is 190 g/mol. The molecule has 0 spiro atoms. The van der Waals surface area contributed by atoms with E-state index in [2.05, 4.69) is 17.1 Å². The van der Waals surface area contributed by atoms with Gasteiger partial charge in [0.1, 0.15) is 0 Å². The molecule has 0 radical (unpaired) electrons. The van der Waals surface area contributed by atoms with E-state index in [-0.39, 0.29) is 5.97 Å². The minimum Gasteiger partial charge on any atom is -0.466 e. The quantitative estimate of drug-likeness (QED) is 0.523. The first-order valence-electron chi connectivity index (χ1n) is 5.87. The van der Waals surface area contributed by atoms with Crippen LogP contribution in [0.1, 0.15) is 32.6 Å². The van der Waals surface area contributed by atoms with Gasteiger partial charge >= 0.3 is 5.97 Å². The van der Waals surface area contributed by atoms with Crippen LogP contribution in [0.3, 0.4) is 0 Å². The number of fused-ring (bicyclic) bond motifs is 1. The highest BCUT2D eigenvalue weighted by Crippen LogP contribution is 2.30. The van der Waals surface area contributed by atoms with Gasteiger partial charge in [0.2, 0.25) is 0 Å². The zero-order chi connectivity index (χ0) is 10.7. The van der Waals surface area contributed by atoms with Gasteiger partial charge in [-0.05, 0) is 26.2 Å². The van der Waals surface area contributed by atoms with E-state index in [0.717, 1.165) is 19.4 Å². The van der Waals surface area contributed by atoms with Crippen LogP contribution in [0.25, 0.3) is 0 Å². The summed E-state index contributed by atoms with van der Waals surface area (Å²) in [6.45, 7) is 3.36. The SMILES string of the molecule is CCOC(=O)C[C@H]1CC[C@H]2CC=CCN21. The Balaban J connectivity index is 1.88. The summed E-state index contributed by atoms with van der Waals surface area (Å²) < 4.78 is 5.00. The molecule has 0 unspecified atom stereocenters. The molecule has 2 rings (SSSR count). The van der Waals surface area contributed by atoms with E-state index in [1.54, 1.807) is 0 Å². The van der Waals surface area contributed by atoms with E-state index < -0.39 is 0 Å². The third kappa shape index (κ3) is 2.40. The fraction of sp³-hybridized carbons (Fsp3) is 0.750. The van der Waals surface area contributed by atoms with Gasteiger partial charge in [-0.2, -0.15) is 0 Å². The van der Waals surface area contributed by atoms with Crippen molar-refractivity contribution in [2.24, 2.45) is 0 Å². The molecule has 1 saturated heterocycles. The van der Waals surface area contributed by atoms with Gasteiger partial charge in [0.15, 0.2) is 0 Å². The Morgan fingerprint density at radius 3 is 3.13 bits per heavy atom. The van der Waals surface area contributed by atoms with Crippen molar-refractivity contribution in [3.8, 4) is 0 Å². The predicted molar refractivity (Wildman–Crippen MR) is 58.5 cm³/mol. The molecule has 0 N–H and O–H groups in total. The Hall–Kier alpha value is -0.830. The highest BCUT2D eigenvalue weighted by molar-refractivity contribution is 5.70. The molecule has 3 nitrogen and oxygen atoms in total. The highest BCUT2D eigenvalue weighted by atomic mass is 16.5. The van der Waals surface area contributed by atoms with Crippen molar-refractivity contribution in [2.75, 3.05) is 13.2 Å². The van der Waals surface area contributed by atoms with Crippen LogP contribution in [0, 0.1) is 0 Å². The van der Waals surface area contributed by atoms with Crippen LogP contribution in [-0.2, 0) is 9.53 Å². The van der Waals surface area contributed by atoms with E-state index in [4.69, 9.17) is 4.74 Å². The van der Waals surface area contributed by atoms with Gasteiger partial charge in [-0.1, -0.05) is 12.2 Å². The lowest BCUT2D eigenvalue weighted by Gasteiger charge is -2.30. The van der Waals surface area contributed by atoms with Crippen LogP contribution in [0.5, 0.6) is 0 Å². The number of rotatable bonds is 3. The van der Waals surface area contributed by atoms with Gasteiger partial charge in [-0.3, -0.25) is 9.69 Å². The zero-order valence-electron chi connectivity index (χ0n) is 9.32. The van der Waals surface area contributed by atoms with Crippen LogP contribution in [0.4, 0.5) is 0 Å². The summed E-state index contributed by atoms with van der Waals surface area (Å²) in [5.41, 5.74) is 0. The Bertz CT molecular complexity index is 262. The molecule has 2 atom stereocenters. The number of hydrogen-bond donors (Lipinski definition) is 0. The van der Waals surface area contributed by atoms with E-state index >= 15 is 0 Å². The summed E-state index contributed by atoms with van der Waals surface area (Å²) in [7, 11) is 0. The molecule has 1 fully saturated rings. The zero-order valence-corrected chi connectivity index (χ0v) is 9.32. The molecule has 0 saturated carbocycles. The van der Waals surface area contributed by atoms with Gasteiger partial charge in [0.05, 0.1) is 13.0 Å². The van der Waals surface area contributed by atoms with Crippen LogP contribution < -0.4 is 0 Å². The first-order valence-corrected chi connectivity index (χ1v) is 5.87. The third-order valence-corrected chi connectivity index (χ3v) is 3.37. The van der Waals surface area contributed by atoms with Crippen molar-refractivity contribution in [1.82, 2.24) is 4.90 Å². The van der Waals surface area contributed by atoms with Crippen molar-refractivity contribution in [2.45, 2.75) is 44.7 Å². The van der Waals surface area contributed by atoms with Gasteiger partial charge in [0, 0.05) is 18.6 Å². The maximum atomic E-state index is 11.4. The van der Waals surface area contributed by atoms with Gasteiger partial charge in [0.25, 0.3) is 0 Å². The smallest absolute Gasteiger partial charge is 0.307 e. The Labute approximate surface area is 91.1 Å². The van der Waals surface area contributed by atoms with Crippen molar-refractivity contribution in [1.29, 1.82) is 0 Å². The van der Waals surface area contributed by atoms with E-state index in [0.29, 0.717) is 25.1 Å². The van der Waals surface area contributed by atoms with E-state index in [1.165, 1.54) is 6.42 Å². The summed E-state index contributed by atoms with van der Waals surface area (Å²) in [6.07, 6.45) is 8.56. The predicted octanol–water partition coefficient (Wildman–Crippen LogP) is 1.73. The van der Waals surface area contributed by atoms with Crippen LogP contribution in [0.15, 0.2) is 12.2 Å². The fourth-order valence-electron chi connectivity index (χ4n) is 2.65. The summed E-state index contributed by atoms with van der Waals surface area (Å²) in [4.78, 5) is 13.9. The van der Waals surface area contributed by atoms with Crippen LogP contribution in [-0.4, -0.2) is 36.1 Å². The highest BCUT2D eigenvalue weighted by Gasteiger charge is 2.34. The fourth-order valence-corrected chi connectivity index (χ4v) is 2.65. The maximum absolute atomic E-state index is 11.4. The maximum Gasteiger partial charge on any atom is 0.307 e. The molecule has 0 aromatic heterocycles. The second kappa shape index (κ2) is 4.79. The Morgan fingerprint density at radius 2 is 2.33 bits per heavy atom. The molecule has 84 valence electrons. The molecule has 15 heavy (non-hydrogen) atoms. The minimum atomic E-state index is -0.0438. The second-order valence-corrected chi connectivity index (χ2v) is 4.30. The molecule has 0 amide bonds. The van der Waals surface area contributed by atoms with E-state index in [1.807, 2.05) is 6.92 Å². The largest absolute Gasteiger partial charge is 0.466 e. The van der Waals surface area contributed by atoms with Gasteiger partial charge in [-0.15, -0.1) is 0 Å². The average Bonchev–Trinajstić information content (AvgIpc) is 2.62. The number of hydrogen-bond acceptors (Lipinski definition) is 3. The summed E-state index contributed by atoms with van der Waals surface area (Å²) in [5, 5.41) is 0. The third-order valence-electron chi connectivity index (χ3n) is 3.37. The normalized spacial score (nSPS) is 30.2. The van der Waals surface area contributed by atoms with Gasteiger partial charge in [-0.25, -0.2) is 0 Å². The van der Waals surface area contributed by atoms with Crippen molar-refractivity contribution in [3.63, 3.8) is 0 Å². The molecule has 0 aromatic rings. The van der Waals surface area contributed by atoms with Crippen molar-refractivity contribution < 1.29 is 9.53 Å². The van der Waals surface area contributed by atoms with Crippen LogP contribution >= 0.6 is 0 Å². The van der Waals surface area contributed by atoms with Crippen molar-refractivity contribution >= 4 is 5.97 Å². The molecule has 2 heterocycles. The number of carbonyl (C=O) groups is 1. The second-order valence-electron chi connectivity index (χ2n) is 4.30. The number of carbonyl (C=O) groups excluding carboxylic acids is 1. The lowest BCUT2D eigenvalue weighted by molar-refractivity contribution is -0.144. The first-order chi connectivity index (χ1) is 7.31. The monoisotopic (exact) mass is 209 g/mol. The summed E-state index contributed by atoms with van der Waals surface area (Å²) >= 11 is 0. The molecule has 2 aliphatic heterocycles. The van der Waals surface area contributed by atoms with Crippen LogP contribution in [0.2, 0.25) is 0 Å². The van der Waals surface area contributed by atoms with Crippen molar-refractivity contribution in [3.05, 3.63) is 12.2 Å². The molecule has 0 aromatic carbocycles. The molecule has 3 heteroatoms. The minimum absolute atomic E-state index is 0.0438. The summed E-state index contributed by atoms with van der Waals surface area (Å²) in [5.74, 6) is -0.0438.